The Kier molecular flexibility index (Phi) is 4.33. The lowest BCUT2D eigenvalue weighted by Crippen LogP contribution is -2.15. The van der Waals surface area contributed by atoms with E-state index in [4.69, 9.17) is 4.74 Å². The first-order valence-electron chi connectivity index (χ1n) is 6.85. The molecule has 0 atom stereocenters. The van der Waals surface area contributed by atoms with Crippen molar-refractivity contribution in [3.05, 3.63) is 58.2 Å². The molecule has 0 aliphatic heterocycles. The Morgan fingerprint density at radius 3 is 2.50 bits per heavy atom. The first-order valence-corrected chi connectivity index (χ1v) is 7.64. The van der Waals surface area contributed by atoms with Gasteiger partial charge in [0.25, 0.3) is 0 Å². The lowest BCUT2D eigenvalue weighted by molar-refractivity contribution is 0.293. The highest BCUT2D eigenvalue weighted by atomic mass is 79.9. The number of rotatable bonds is 6. The molecule has 1 fully saturated rings. The highest BCUT2D eigenvalue weighted by Crippen LogP contribution is 2.19. The minimum Gasteiger partial charge on any atom is -0.473 e. The fourth-order valence-corrected chi connectivity index (χ4v) is 2.15. The summed E-state index contributed by atoms with van der Waals surface area (Å²) < 4.78 is 6.75. The van der Waals surface area contributed by atoms with E-state index in [1.54, 1.807) is 0 Å². The van der Waals surface area contributed by atoms with E-state index < -0.39 is 0 Å². The predicted molar refractivity (Wildman–Crippen MR) is 82.6 cm³/mol. The number of halogens is 1. The van der Waals surface area contributed by atoms with E-state index in [9.17, 15) is 0 Å². The molecule has 0 amide bonds. The lowest BCUT2D eigenvalue weighted by atomic mass is 10.2. The van der Waals surface area contributed by atoms with Crippen LogP contribution in [0, 0.1) is 0 Å². The van der Waals surface area contributed by atoms with Crippen molar-refractivity contribution in [3.8, 4) is 5.88 Å². The molecule has 1 aliphatic carbocycles. The number of nitrogens with one attached hydrogen (secondary N) is 1. The number of hydrogen-bond acceptors (Lipinski definition) is 3. The molecule has 20 heavy (non-hydrogen) atoms. The standard InChI is InChI=1S/C16H17BrN2O/c17-14-4-1-12(2-5-14)11-20-16-8-3-13(10-19-16)9-18-15-6-7-15/h1-5,8,10,15,18H,6-7,9,11H2. The van der Waals surface area contributed by atoms with Gasteiger partial charge in [0.15, 0.2) is 0 Å². The highest BCUT2D eigenvalue weighted by Gasteiger charge is 2.19. The average molecular weight is 333 g/mol. The van der Waals surface area contributed by atoms with Gasteiger partial charge in [-0.1, -0.05) is 34.1 Å². The molecule has 1 heterocycles. The van der Waals surface area contributed by atoms with Gasteiger partial charge in [-0.15, -0.1) is 0 Å². The van der Waals surface area contributed by atoms with Crippen molar-refractivity contribution < 1.29 is 4.74 Å². The van der Waals surface area contributed by atoms with Crippen LogP contribution in [0.3, 0.4) is 0 Å². The average Bonchev–Trinajstić information content (AvgIpc) is 3.30. The molecule has 1 aromatic carbocycles. The summed E-state index contributed by atoms with van der Waals surface area (Å²) in [6.07, 6.45) is 4.50. The van der Waals surface area contributed by atoms with Crippen molar-refractivity contribution in [2.24, 2.45) is 0 Å². The van der Waals surface area contributed by atoms with Gasteiger partial charge in [0.05, 0.1) is 0 Å². The van der Waals surface area contributed by atoms with Gasteiger partial charge in [-0.05, 0) is 36.1 Å². The first-order chi connectivity index (χ1) is 9.79. The van der Waals surface area contributed by atoms with Crippen LogP contribution in [0.4, 0.5) is 0 Å². The Balaban J connectivity index is 1.50. The Labute approximate surface area is 127 Å². The monoisotopic (exact) mass is 332 g/mol. The fraction of sp³-hybridized carbons (Fsp3) is 0.312. The Bertz CT molecular complexity index is 550. The summed E-state index contributed by atoms with van der Waals surface area (Å²) in [5, 5.41) is 3.47. The zero-order valence-corrected chi connectivity index (χ0v) is 12.8. The molecular weight excluding hydrogens is 316 g/mol. The molecular formula is C16H17BrN2O. The molecule has 1 N–H and O–H groups in total. The van der Waals surface area contributed by atoms with Crippen LogP contribution < -0.4 is 10.1 Å². The molecule has 0 spiro atoms. The SMILES string of the molecule is Brc1ccc(COc2ccc(CNC3CC3)cn2)cc1. The van der Waals surface area contributed by atoms with E-state index >= 15 is 0 Å². The summed E-state index contributed by atoms with van der Waals surface area (Å²) in [5.41, 5.74) is 2.34. The highest BCUT2D eigenvalue weighted by molar-refractivity contribution is 9.10. The number of ether oxygens (including phenoxy) is 1. The fourth-order valence-electron chi connectivity index (χ4n) is 1.89. The Morgan fingerprint density at radius 1 is 1.10 bits per heavy atom. The van der Waals surface area contributed by atoms with Crippen LogP contribution in [-0.2, 0) is 13.2 Å². The van der Waals surface area contributed by atoms with E-state index in [1.807, 2.05) is 36.5 Å². The quantitative estimate of drug-likeness (QED) is 0.876. The maximum Gasteiger partial charge on any atom is 0.213 e. The Hall–Kier alpha value is -1.39. The molecule has 1 aromatic heterocycles. The molecule has 0 saturated heterocycles. The zero-order chi connectivity index (χ0) is 13.8. The number of hydrogen-bond donors (Lipinski definition) is 1. The number of aromatic nitrogens is 1. The number of pyridine rings is 1. The van der Waals surface area contributed by atoms with Crippen molar-refractivity contribution in [1.82, 2.24) is 10.3 Å². The minimum absolute atomic E-state index is 0.542. The topological polar surface area (TPSA) is 34.1 Å². The smallest absolute Gasteiger partial charge is 0.213 e. The molecule has 2 aromatic rings. The molecule has 104 valence electrons. The second-order valence-corrected chi connectivity index (χ2v) is 5.99. The van der Waals surface area contributed by atoms with E-state index in [0.29, 0.717) is 12.5 Å². The predicted octanol–water partition coefficient (Wildman–Crippen LogP) is 3.68. The summed E-state index contributed by atoms with van der Waals surface area (Å²) in [6.45, 7) is 1.44. The van der Waals surface area contributed by atoms with Gasteiger partial charge in [-0.2, -0.15) is 0 Å². The van der Waals surface area contributed by atoms with Crippen molar-refractivity contribution in [1.29, 1.82) is 0 Å². The summed E-state index contributed by atoms with van der Waals surface area (Å²) in [4.78, 5) is 4.34. The van der Waals surface area contributed by atoms with Crippen molar-refractivity contribution in [2.75, 3.05) is 0 Å². The van der Waals surface area contributed by atoms with Crippen LogP contribution in [0.2, 0.25) is 0 Å². The van der Waals surface area contributed by atoms with E-state index in [-0.39, 0.29) is 0 Å². The van der Waals surface area contributed by atoms with Gasteiger partial charge >= 0.3 is 0 Å². The van der Waals surface area contributed by atoms with Crippen LogP contribution in [0.15, 0.2) is 47.1 Å². The molecule has 4 heteroatoms. The number of benzene rings is 1. The van der Waals surface area contributed by atoms with Gasteiger partial charge < -0.3 is 10.1 Å². The van der Waals surface area contributed by atoms with E-state index in [2.05, 4.69) is 32.3 Å². The third-order valence-electron chi connectivity index (χ3n) is 3.27. The minimum atomic E-state index is 0.542. The third-order valence-corrected chi connectivity index (χ3v) is 3.80. The second-order valence-electron chi connectivity index (χ2n) is 5.08. The first kappa shape index (κ1) is 13.6. The molecule has 0 unspecified atom stereocenters. The normalized spacial score (nSPS) is 14.2. The van der Waals surface area contributed by atoms with Crippen LogP contribution in [0.5, 0.6) is 5.88 Å². The van der Waals surface area contributed by atoms with Crippen molar-refractivity contribution in [2.45, 2.75) is 32.0 Å². The van der Waals surface area contributed by atoms with Crippen LogP contribution in [0.25, 0.3) is 0 Å². The van der Waals surface area contributed by atoms with Gasteiger partial charge in [-0.3, -0.25) is 0 Å². The van der Waals surface area contributed by atoms with Crippen LogP contribution in [0.1, 0.15) is 24.0 Å². The van der Waals surface area contributed by atoms with Gasteiger partial charge in [0, 0.05) is 29.3 Å². The van der Waals surface area contributed by atoms with Crippen LogP contribution in [-0.4, -0.2) is 11.0 Å². The summed E-state index contributed by atoms with van der Waals surface area (Å²) >= 11 is 3.42. The van der Waals surface area contributed by atoms with Gasteiger partial charge in [0.1, 0.15) is 6.61 Å². The largest absolute Gasteiger partial charge is 0.473 e. The third kappa shape index (κ3) is 4.05. The maximum absolute atomic E-state index is 5.68. The maximum atomic E-state index is 5.68. The molecule has 0 radical (unpaired) electrons. The Morgan fingerprint density at radius 2 is 1.85 bits per heavy atom. The molecule has 0 bridgehead atoms. The van der Waals surface area contributed by atoms with E-state index in [1.165, 1.54) is 18.4 Å². The summed E-state index contributed by atoms with van der Waals surface area (Å²) in [6, 6.07) is 12.8. The molecule has 1 aliphatic rings. The number of nitrogens with zero attached hydrogens (tertiary/aromatic N) is 1. The molecule has 3 nitrogen and oxygen atoms in total. The lowest BCUT2D eigenvalue weighted by Gasteiger charge is -2.07. The van der Waals surface area contributed by atoms with Crippen molar-refractivity contribution in [3.63, 3.8) is 0 Å². The van der Waals surface area contributed by atoms with Crippen LogP contribution >= 0.6 is 15.9 Å². The molecule has 3 rings (SSSR count). The summed E-state index contributed by atoms with van der Waals surface area (Å²) in [7, 11) is 0. The van der Waals surface area contributed by atoms with E-state index in [0.717, 1.165) is 22.6 Å². The second kappa shape index (κ2) is 6.37. The van der Waals surface area contributed by atoms with Crippen molar-refractivity contribution >= 4 is 15.9 Å². The van der Waals surface area contributed by atoms with Gasteiger partial charge in [-0.25, -0.2) is 4.98 Å². The zero-order valence-electron chi connectivity index (χ0n) is 11.2. The molecule has 1 saturated carbocycles. The summed E-state index contributed by atoms with van der Waals surface area (Å²) in [5.74, 6) is 0.670. The van der Waals surface area contributed by atoms with Gasteiger partial charge in [0.2, 0.25) is 5.88 Å².